The van der Waals surface area contributed by atoms with Gasteiger partial charge in [-0.05, 0) is 144 Å². The van der Waals surface area contributed by atoms with E-state index in [0.717, 1.165) is 44.5 Å². The van der Waals surface area contributed by atoms with Gasteiger partial charge in [-0.2, -0.15) is 0 Å². The highest BCUT2D eigenvalue weighted by Crippen LogP contribution is 2.56. The van der Waals surface area contributed by atoms with Crippen LogP contribution in [0.2, 0.25) is 0 Å². The maximum Gasteiger partial charge on any atom is 0.206 e. The first-order valence-electron chi connectivity index (χ1n) is 19.1. The van der Waals surface area contributed by atoms with Crippen molar-refractivity contribution in [3.63, 3.8) is 0 Å². The third-order valence-corrected chi connectivity index (χ3v) is 14.5. The minimum atomic E-state index is -3.66. The monoisotopic (exact) mass is 810 g/mol. The molecule has 0 aliphatic heterocycles. The molecular weight excluding hydrogens is 773 g/mol. The quantitative estimate of drug-likeness (QED) is 0.137. The maximum atomic E-state index is 13.2. The lowest BCUT2D eigenvalue weighted by molar-refractivity contribution is 0.481. The molecule has 59 heavy (non-hydrogen) atoms. The molecule has 8 aromatic rings. The fourth-order valence-electron chi connectivity index (χ4n) is 7.92. The van der Waals surface area contributed by atoms with Gasteiger partial charge >= 0.3 is 0 Å². The third-order valence-electron chi connectivity index (χ3n) is 10.9. The van der Waals surface area contributed by atoms with Crippen molar-refractivity contribution in [1.29, 1.82) is 0 Å². The van der Waals surface area contributed by atoms with Crippen LogP contribution in [-0.4, -0.2) is 16.8 Å². The summed E-state index contributed by atoms with van der Waals surface area (Å²) in [7, 11) is -7.32. The van der Waals surface area contributed by atoms with Crippen molar-refractivity contribution in [3.8, 4) is 34.1 Å². The molecule has 0 spiro atoms. The molecule has 0 saturated carbocycles. The molecule has 0 N–H and O–H groups in total. The van der Waals surface area contributed by atoms with Crippen LogP contribution >= 0.6 is 0 Å². The van der Waals surface area contributed by atoms with Crippen molar-refractivity contribution < 1.29 is 26.3 Å². The van der Waals surface area contributed by atoms with E-state index in [-0.39, 0.29) is 19.6 Å². The van der Waals surface area contributed by atoms with Crippen molar-refractivity contribution in [2.45, 2.75) is 38.8 Å². The van der Waals surface area contributed by atoms with E-state index >= 15 is 0 Å². The van der Waals surface area contributed by atoms with Crippen LogP contribution in [0, 0.1) is 13.8 Å². The molecule has 290 valence electrons. The van der Waals surface area contributed by atoms with Crippen LogP contribution < -0.4 is 9.47 Å². The molecule has 6 nitrogen and oxygen atoms in total. The molecule has 1 aliphatic rings. The number of sulfone groups is 2. The number of hydrogen-bond donors (Lipinski definition) is 0. The Balaban J connectivity index is 1.01. The zero-order valence-electron chi connectivity index (χ0n) is 32.2. The number of rotatable bonds is 10. The highest BCUT2D eigenvalue weighted by atomic mass is 32.2. The van der Waals surface area contributed by atoms with Crippen LogP contribution in [0.4, 0.5) is 0 Å². The molecule has 1 aliphatic carbocycles. The first-order chi connectivity index (χ1) is 28.5. The van der Waals surface area contributed by atoms with E-state index in [0.29, 0.717) is 23.0 Å². The number of hydrogen-bond acceptors (Lipinski definition) is 6. The number of aryl methyl sites for hydroxylation is 2. The van der Waals surface area contributed by atoms with Gasteiger partial charge in [-0.25, -0.2) is 16.8 Å². The largest absolute Gasteiger partial charge is 0.457 e. The second-order valence-electron chi connectivity index (χ2n) is 14.7. The van der Waals surface area contributed by atoms with Crippen LogP contribution in [-0.2, 0) is 25.1 Å². The molecule has 8 heteroatoms. The van der Waals surface area contributed by atoms with Gasteiger partial charge in [0.15, 0.2) is 0 Å². The summed E-state index contributed by atoms with van der Waals surface area (Å²) in [6.07, 6.45) is 0. The van der Waals surface area contributed by atoms with E-state index in [1.165, 1.54) is 0 Å². The summed E-state index contributed by atoms with van der Waals surface area (Å²) in [4.78, 5) is 0.890. The second kappa shape index (κ2) is 14.9. The maximum absolute atomic E-state index is 13.2. The van der Waals surface area contributed by atoms with Gasteiger partial charge in [0.05, 0.1) is 25.0 Å². The van der Waals surface area contributed by atoms with Crippen molar-refractivity contribution in [1.82, 2.24) is 0 Å². The fraction of sp³-hybridized carbons (Fsp3) is 0.0588. The fourth-order valence-corrected chi connectivity index (χ4v) is 10.4. The van der Waals surface area contributed by atoms with Gasteiger partial charge in [0.1, 0.15) is 23.0 Å². The second-order valence-corrected chi connectivity index (χ2v) is 18.6. The Morgan fingerprint density at radius 2 is 0.610 bits per heavy atom. The Hall–Kier alpha value is -6.74. The minimum absolute atomic E-state index is 0.197. The summed E-state index contributed by atoms with van der Waals surface area (Å²) in [6, 6.07) is 59.7. The van der Waals surface area contributed by atoms with E-state index in [2.05, 4.69) is 72.8 Å². The van der Waals surface area contributed by atoms with Crippen LogP contribution in [0.3, 0.4) is 0 Å². The summed E-state index contributed by atoms with van der Waals surface area (Å²) in [5.74, 6) is 2.26. The molecular formula is C51H38O6S2. The van der Waals surface area contributed by atoms with Crippen molar-refractivity contribution in [2.75, 3.05) is 0 Å². The Morgan fingerprint density at radius 3 is 0.932 bits per heavy atom. The zero-order valence-corrected chi connectivity index (χ0v) is 33.9. The summed E-state index contributed by atoms with van der Waals surface area (Å²) < 4.78 is 65.4. The molecule has 0 bridgehead atoms. The van der Waals surface area contributed by atoms with E-state index in [1.54, 1.807) is 97.1 Å². The predicted octanol–water partition coefficient (Wildman–Crippen LogP) is 11.9. The first-order valence-corrected chi connectivity index (χ1v) is 22.1. The molecule has 0 saturated heterocycles. The van der Waals surface area contributed by atoms with Crippen LogP contribution in [0.1, 0.15) is 33.4 Å². The molecule has 0 fully saturated rings. The van der Waals surface area contributed by atoms with Gasteiger partial charge in [-0.15, -0.1) is 0 Å². The SMILES string of the molecule is Cc1ccc(S(=O)(=O)c2ccc(Oc3ccc(C4(c5ccc(Oc6ccc(S(=O)(=O)c7ccc(C)cc7)cc6)cc5)c5ccccc5-c5ccccc54)cc3)cc2)cc1. The Morgan fingerprint density at radius 1 is 0.339 bits per heavy atom. The molecule has 0 aromatic heterocycles. The normalized spacial score (nSPS) is 13.0. The topological polar surface area (TPSA) is 86.7 Å². The zero-order chi connectivity index (χ0) is 40.8. The molecule has 0 radical (unpaired) electrons. The van der Waals surface area contributed by atoms with E-state index in [1.807, 2.05) is 38.1 Å². The lowest BCUT2D eigenvalue weighted by Crippen LogP contribution is -2.28. The molecule has 0 unspecified atom stereocenters. The van der Waals surface area contributed by atoms with Gasteiger partial charge in [-0.3, -0.25) is 0 Å². The van der Waals surface area contributed by atoms with E-state index in [9.17, 15) is 16.8 Å². The van der Waals surface area contributed by atoms with E-state index < -0.39 is 25.1 Å². The summed E-state index contributed by atoms with van der Waals surface area (Å²) in [6.45, 7) is 3.84. The average Bonchev–Trinajstić information content (AvgIpc) is 3.56. The van der Waals surface area contributed by atoms with Gasteiger partial charge in [0.2, 0.25) is 19.7 Å². The molecule has 8 aromatic carbocycles. The Labute approximate surface area is 344 Å². The predicted molar refractivity (Wildman–Crippen MR) is 230 cm³/mol. The van der Waals surface area contributed by atoms with Gasteiger partial charge in [0, 0.05) is 0 Å². The molecule has 0 atom stereocenters. The van der Waals surface area contributed by atoms with Crippen molar-refractivity contribution in [2.24, 2.45) is 0 Å². The van der Waals surface area contributed by atoms with E-state index in [4.69, 9.17) is 9.47 Å². The highest BCUT2D eigenvalue weighted by molar-refractivity contribution is 7.91. The molecule has 0 amide bonds. The van der Waals surface area contributed by atoms with Crippen molar-refractivity contribution in [3.05, 3.63) is 228 Å². The lowest BCUT2D eigenvalue weighted by atomic mass is 9.68. The van der Waals surface area contributed by atoms with Gasteiger partial charge in [0.25, 0.3) is 0 Å². The summed E-state index contributed by atoms with van der Waals surface area (Å²) in [5.41, 5.74) is 8.02. The number of ether oxygens (including phenoxy) is 2. The lowest BCUT2D eigenvalue weighted by Gasteiger charge is -2.34. The Kier molecular flexibility index (Phi) is 9.54. The molecule has 0 heterocycles. The summed E-state index contributed by atoms with van der Waals surface area (Å²) >= 11 is 0. The summed E-state index contributed by atoms with van der Waals surface area (Å²) in [5, 5.41) is 0. The Bertz CT molecular complexity index is 2820. The minimum Gasteiger partial charge on any atom is -0.457 e. The standard InChI is InChI=1S/C51H38O6S2/c1-35-11-27-43(28-12-35)58(52,53)45-31-23-41(24-32-45)56-39-19-15-37(16-20-39)51(49-9-5-3-7-47(49)48-8-4-6-10-50(48)51)38-17-21-40(22-18-38)57-42-25-33-46(34-26-42)59(54,55)44-29-13-36(2)14-30-44/h3-34H,1-2H3. The van der Waals surface area contributed by atoms with Crippen LogP contribution in [0.5, 0.6) is 23.0 Å². The number of fused-ring (bicyclic) bond motifs is 3. The average molecular weight is 811 g/mol. The van der Waals surface area contributed by atoms with Crippen LogP contribution in [0.25, 0.3) is 11.1 Å². The van der Waals surface area contributed by atoms with Crippen LogP contribution in [0.15, 0.2) is 214 Å². The van der Waals surface area contributed by atoms with Gasteiger partial charge in [-0.1, -0.05) is 108 Å². The smallest absolute Gasteiger partial charge is 0.206 e. The van der Waals surface area contributed by atoms with Crippen molar-refractivity contribution >= 4 is 19.7 Å². The third kappa shape index (κ3) is 6.80. The molecule has 9 rings (SSSR count). The highest BCUT2D eigenvalue weighted by Gasteiger charge is 2.45. The van der Waals surface area contributed by atoms with Gasteiger partial charge < -0.3 is 9.47 Å². The number of benzene rings is 8. The first kappa shape index (κ1) is 37.8.